The normalized spacial score (nSPS) is 28.6. The Balaban J connectivity index is 1.76. The Kier molecular flexibility index (Phi) is 13.3. The van der Waals surface area contributed by atoms with Crippen LogP contribution in [-0.4, -0.2) is 92.4 Å². The van der Waals surface area contributed by atoms with Crippen molar-refractivity contribution in [3.05, 3.63) is 61.2 Å². The maximum absolute atomic E-state index is 14.8. The van der Waals surface area contributed by atoms with Gasteiger partial charge in [0.15, 0.2) is 0 Å². The molecule has 1 aromatic rings. The number of benzene rings is 1. The van der Waals surface area contributed by atoms with Gasteiger partial charge >= 0.3 is 5.97 Å². The second-order valence-electron chi connectivity index (χ2n) is 13.9. The lowest BCUT2D eigenvalue weighted by atomic mass is 9.70. The predicted molar refractivity (Wildman–Crippen MR) is 191 cm³/mol. The van der Waals surface area contributed by atoms with Crippen LogP contribution in [0.5, 0.6) is 0 Å². The fourth-order valence-electron chi connectivity index (χ4n) is 8.08. The molecule has 11 heteroatoms. The van der Waals surface area contributed by atoms with Crippen LogP contribution in [0.3, 0.4) is 0 Å². The van der Waals surface area contributed by atoms with Crippen LogP contribution in [0, 0.1) is 17.8 Å². The average molecular weight is 745 g/mol. The van der Waals surface area contributed by atoms with E-state index in [0.29, 0.717) is 24.8 Å². The van der Waals surface area contributed by atoms with Crippen LogP contribution < -0.4 is 5.32 Å². The number of alkyl halides is 1. The summed E-state index contributed by atoms with van der Waals surface area (Å²) < 4.78 is 13.0. The van der Waals surface area contributed by atoms with Crippen molar-refractivity contribution in [2.75, 3.05) is 13.2 Å². The van der Waals surface area contributed by atoms with Crippen LogP contribution >= 0.6 is 15.9 Å². The van der Waals surface area contributed by atoms with Crippen molar-refractivity contribution in [2.24, 2.45) is 17.8 Å². The molecule has 3 aliphatic heterocycles. The van der Waals surface area contributed by atoms with E-state index in [2.05, 4.69) is 41.3 Å². The first kappa shape index (κ1) is 38.8. The van der Waals surface area contributed by atoms with E-state index in [1.54, 1.807) is 24.0 Å². The molecule has 3 aliphatic rings. The van der Waals surface area contributed by atoms with Crippen LogP contribution in [0.15, 0.2) is 55.6 Å². The Hall–Kier alpha value is -3.02. The Bertz CT molecular complexity index is 1360. The van der Waals surface area contributed by atoms with Gasteiger partial charge in [-0.2, -0.15) is 0 Å². The highest BCUT2D eigenvalue weighted by molar-refractivity contribution is 9.09. The summed E-state index contributed by atoms with van der Waals surface area (Å²) in [5.41, 5.74) is -0.619. The molecule has 4 rings (SSSR count). The predicted octanol–water partition coefficient (Wildman–Crippen LogP) is 5.10. The highest BCUT2D eigenvalue weighted by atomic mass is 79.9. The summed E-state index contributed by atoms with van der Waals surface area (Å²) >= 11 is 3.75. The Morgan fingerprint density at radius 2 is 1.88 bits per heavy atom. The lowest BCUT2D eigenvalue weighted by molar-refractivity contribution is -0.163. The number of esters is 1. The standard InChI is InChI=1S/C38H54BrN3O7/c1-8-12-19-29(44)40-25(7)32(26-17-14-13-15-18-26)48-37(47)30-31-35(45)42(28(22-43)23(5)11-4)34(38(31)21-27(39)33(30)49-38)36(46)41(20-10-3)24(6)16-9-2/h8,10,13-15,17-18,23-25,27-28,30-34,43H,1,3,9,11-12,16,19-22H2,2,4-7H3,(H,40,44)/t23-,24?,25+,27?,28-,30+,31-,32+,33+,34+,38-/m0/s1. The average Bonchev–Trinajstić information content (AvgIpc) is 3.68. The molecule has 2 bridgehead atoms. The van der Waals surface area contributed by atoms with Gasteiger partial charge in [0.1, 0.15) is 17.7 Å². The maximum Gasteiger partial charge on any atom is 0.313 e. The number of carbonyl (C=O) groups excluding carboxylic acids is 4. The highest BCUT2D eigenvalue weighted by Gasteiger charge is 2.78. The van der Waals surface area contributed by atoms with Crippen LogP contribution in [0.1, 0.15) is 84.8 Å². The number of ether oxygens (including phenoxy) is 2. The van der Waals surface area contributed by atoms with Crippen molar-refractivity contribution in [1.29, 1.82) is 0 Å². The molecule has 0 aliphatic carbocycles. The Labute approximate surface area is 299 Å². The molecular formula is C38H54BrN3O7. The molecule has 0 aromatic heterocycles. The van der Waals surface area contributed by atoms with E-state index in [9.17, 15) is 24.3 Å². The zero-order valence-electron chi connectivity index (χ0n) is 29.6. The lowest BCUT2D eigenvalue weighted by Gasteiger charge is -2.42. The van der Waals surface area contributed by atoms with Crippen molar-refractivity contribution in [1.82, 2.24) is 15.1 Å². The van der Waals surface area contributed by atoms with Crippen molar-refractivity contribution in [3.63, 3.8) is 0 Å². The number of nitrogens with one attached hydrogen (secondary N) is 1. The van der Waals surface area contributed by atoms with Gasteiger partial charge in [-0.25, -0.2) is 0 Å². The van der Waals surface area contributed by atoms with Gasteiger partial charge in [0.2, 0.25) is 17.7 Å². The van der Waals surface area contributed by atoms with Crippen molar-refractivity contribution < 1.29 is 33.8 Å². The molecule has 3 amide bonds. The number of halogens is 1. The van der Waals surface area contributed by atoms with E-state index < -0.39 is 53.7 Å². The molecule has 3 heterocycles. The van der Waals surface area contributed by atoms with Gasteiger partial charge in [0.05, 0.1) is 36.6 Å². The third-order valence-corrected chi connectivity index (χ3v) is 11.6. The summed E-state index contributed by atoms with van der Waals surface area (Å²) in [5, 5.41) is 13.7. The fraction of sp³-hybridized carbons (Fsp3) is 0.632. The van der Waals surface area contributed by atoms with E-state index >= 15 is 0 Å². The zero-order chi connectivity index (χ0) is 36.0. The van der Waals surface area contributed by atoms with E-state index in [0.717, 1.165) is 12.8 Å². The van der Waals surface area contributed by atoms with E-state index in [1.165, 1.54) is 4.90 Å². The minimum Gasteiger partial charge on any atom is -0.455 e. The van der Waals surface area contributed by atoms with Gasteiger partial charge in [0, 0.05) is 23.8 Å². The van der Waals surface area contributed by atoms with Crippen LogP contribution in [0.25, 0.3) is 0 Å². The summed E-state index contributed by atoms with van der Waals surface area (Å²) in [5.74, 6) is -3.62. The number of carbonyl (C=O) groups is 4. The molecule has 2 unspecified atom stereocenters. The van der Waals surface area contributed by atoms with Crippen LogP contribution in [0.4, 0.5) is 0 Å². The zero-order valence-corrected chi connectivity index (χ0v) is 31.1. The first-order valence-corrected chi connectivity index (χ1v) is 18.7. The lowest BCUT2D eigenvalue weighted by Crippen LogP contribution is -2.61. The van der Waals surface area contributed by atoms with Crippen molar-refractivity contribution in [3.8, 4) is 0 Å². The number of rotatable bonds is 18. The highest BCUT2D eigenvalue weighted by Crippen LogP contribution is 2.61. The van der Waals surface area contributed by atoms with E-state index in [-0.39, 0.29) is 54.1 Å². The molecule has 2 N–H and O–H groups in total. The smallest absolute Gasteiger partial charge is 0.313 e. The summed E-state index contributed by atoms with van der Waals surface area (Å²) in [4.78, 5) is 59.7. The number of nitrogens with zero attached hydrogens (tertiary/aromatic N) is 2. The molecule has 10 nitrogen and oxygen atoms in total. The first-order valence-electron chi connectivity index (χ1n) is 17.7. The van der Waals surface area contributed by atoms with Gasteiger partial charge < -0.3 is 29.7 Å². The largest absolute Gasteiger partial charge is 0.455 e. The summed E-state index contributed by atoms with van der Waals surface area (Å²) in [7, 11) is 0. The van der Waals surface area contributed by atoms with Crippen molar-refractivity contribution in [2.45, 2.75) is 120 Å². The van der Waals surface area contributed by atoms with Gasteiger partial charge in [-0.05, 0) is 44.6 Å². The molecule has 11 atom stereocenters. The summed E-state index contributed by atoms with van der Waals surface area (Å²) in [6, 6.07) is 6.76. The van der Waals surface area contributed by atoms with Crippen LogP contribution in [-0.2, 0) is 28.7 Å². The molecule has 1 aromatic carbocycles. The molecule has 3 saturated heterocycles. The monoisotopic (exact) mass is 743 g/mol. The number of aliphatic hydroxyl groups excluding tert-OH is 1. The number of likely N-dealkylation sites (tertiary alicyclic amines) is 1. The molecule has 270 valence electrons. The molecule has 1 spiro atoms. The Morgan fingerprint density at radius 1 is 1.18 bits per heavy atom. The molecular weight excluding hydrogens is 690 g/mol. The van der Waals surface area contributed by atoms with Gasteiger partial charge in [-0.3, -0.25) is 19.2 Å². The number of hydrogen-bond donors (Lipinski definition) is 2. The second-order valence-corrected chi connectivity index (χ2v) is 15.1. The van der Waals surface area contributed by atoms with Gasteiger partial charge in [-0.15, -0.1) is 13.2 Å². The first-order chi connectivity index (χ1) is 23.4. The third kappa shape index (κ3) is 7.54. The minimum absolute atomic E-state index is 0.129. The van der Waals surface area contributed by atoms with Crippen LogP contribution in [0.2, 0.25) is 0 Å². The van der Waals surface area contributed by atoms with Gasteiger partial charge in [0.25, 0.3) is 0 Å². The molecule has 3 fully saturated rings. The molecule has 0 saturated carbocycles. The van der Waals surface area contributed by atoms with Crippen molar-refractivity contribution >= 4 is 39.6 Å². The number of allylic oxidation sites excluding steroid dienone is 1. The fourth-order valence-corrected chi connectivity index (χ4v) is 9.03. The molecule has 49 heavy (non-hydrogen) atoms. The van der Waals surface area contributed by atoms with E-state index in [1.807, 2.05) is 51.1 Å². The Morgan fingerprint density at radius 3 is 2.47 bits per heavy atom. The SMILES string of the molecule is C=CCCC(=O)N[C@H](C)[C@@H](OC(=O)[C@H]1[C@@H]2O[C@@]3(CC2Br)[C@@H]1C(=O)N([C@@H](CO)[C@@H](C)CC)[C@@H]3C(=O)N(CC=C)C(C)CCC)c1ccccc1. The van der Waals surface area contributed by atoms with E-state index in [4.69, 9.17) is 9.47 Å². The number of hydrogen-bond acceptors (Lipinski definition) is 7. The number of aliphatic hydroxyl groups is 1. The topological polar surface area (TPSA) is 125 Å². The number of amides is 3. The summed E-state index contributed by atoms with van der Waals surface area (Å²) in [6.45, 7) is 17.3. The maximum atomic E-state index is 14.8. The van der Waals surface area contributed by atoms with Gasteiger partial charge in [-0.1, -0.05) is 92.0 Å². The summed E-state index contributed by atoms with van der Waals surface area (Å²) in [6.07, 6.45) is 5.17. The quantitative estimate of drug-likeness (QED) is 0.122. The molecule has 0 radical (unpaired) electrons. The number of fused-ring (bicyclic) bond motifs is 1. The minimum atomic E-state index is -1.31. The third-order valence-electron chi connectivity index (χ3n) is 10.7. The second kappa shape index (κ2) is 16.8.